The fraction of sp³-hybridized carbons (Fsp3) is 0.857. The maximum atomic E-state index is 12.1. The average Bonchev–Trinajstić information content (AvgIpc) is 2.33. The predicted octanol–water partition coefficient (Wildman–Crippen LogP) is 1.45. The van der Waals surface area contributed by atoms with E-state index >= 15 is 0 Å². The minimum absolute atomic E-state index is 0.0551. The maximum Gasteiger partial charge on any atom is 0.329 e. The third kappa shape index (κ3) is 3.85. The lowest BCUT2D eigenvalue weighted by Gasteiger charge is -2.47. The molecule has 114 valence electrons. The number of likely N-dealkylation sites (tertiary alicyclic amines) is 1. The molecule has 2 amide bonds. The van der Waals surface area contributed by atoms with E-state index in [0.717, 1.165) is 12.8 Å². The highest BCUT2D eigenvalue weighted by molar-refractivity contribution is 5.76. The second-order valence-electron chi connectivity index (χ2n) is 6.41. The van der Waals surface area contributed by atoms with Crippen LogP contribution in [0.15, 0.2) is 0 Å². The summed E-state index contributed by atoms with van der Waals surface area (Å²) in [6.07, 6.45) is 4.52. The van der Waals surface area contributed by atoms with E-state index in [0.29, 0.717) is 19.0 Å². The summed E-state index contributed by atoms with van der Waals surface area (Å²) in [4.78, 5) is 24.2. The number of ether oxygens (including phenoxy) is 1. The number of carbonyl (C=O) groups excluding carboxylic acids is 1. The van der Waals surface area contributed by atoms with Gasteiger partial charge in [0.2, 0.25) is 0 Å². The fourth-order valence-electron chi connectivity index (χ4n) is 3.06. The van der Waals surface area contributed by atoms with Crippen molar-refractivity contribution >= 4 is 12.0 Å². The molecule has 2 unspecified atom stereocenters. The summed E-state index contributed by atoms with van der Waals surface area (Å²) in [6, 6.07) is 0.221. The summed E-state index contributed by atoms with van der Waals surface area (Å²) in [7, 11) is 0. The summed E-state index contributed by atoms with van der Waals surface area (Å²) in [5.41, 5.74) is -0.518. The zero-order valence-electron chi connectivity index (χ0n) is 12.2. The SMILES string of the molecule is CC1CCCC(NC(=O)N2CC(C)(OCC(=O)O)C2)C1. The Kier molecular flexibility index (Phi) is 4.52. The van der Waals surface area contributed by atoms with Gasteiger partial charge in [0.15, 0.2) is 0 Å². The Morgan fingerprint density at radius 1 is 1.40 bits per heavy atom. The Balaban J connectivity index is 1.72. The van der Waals surface area contributed by atoms with Crippen molar-refractivity contribution in [1.82, 2.24) is 10.2 Å². The largest absolute Gasteiger partial charge is 0.480 e. The van der Waals surface area contributed by atoms with Crippen LogP contribution in [0.2, 0.25) is 0 Å². The van der Waals surface area contributed by atoms with Gasteiger partial charge >= 0.3 is 12.0 Å². The Hall–Kier alpha value is -1.30. The van der Waals surface area contributed by atoms with Crippen LogP contribution in [0.1, 0.15) is 39.5 Å². The van der Waals surface area contributed by atoms with E-state index in [9.17, 15) is 9.59 Å². The molecule has 0 aromatic heterocycles. The molecule has 2 aliphatic rings. The van der Waals surface area contributed by atoms with Crippen molar-refractivity contribution in [3.05, 3.63) is 0 Å². The number of carboxylic acids is 1. The summed E-state index contributed by atoms with van der Waals surface area (Å²) in [6.45, 7) is 4.65. The molecule has 20 heavy (non-hydrogen) atoms. The number of carbonyl (C=O) groups is 2. The van der Waals surface area contributed by atoms with Crippen molar-refractivity contribution in [2.24, 2.45) is 5.92 Å². The van der Waals surface area contributed by atoms with E-state index in [1.165, 1.54) is 12.8 Å². The number of urea groups is 1. The number of hydrogen-bond donors (Lipinski definition) is 2. The molecular formula is C14H24N2O4. The number of carboxylic acid groups (broad SMARTS) is 1. The minimum Gasteiger partial charge on any atom is -0.480 e. The average molecular weight is 284 g/mol. The van der Waals surface area contributed by atoms with Crippen LogP contribution in [0.4, 0.5) is 4.79 Å². The number of aliphatic carboxylic acids is 1. The monoisotopic (exact) mass is 284 g/mol. The van der Waals surface area contributed by atoms with Gasteiger partial charge in [-0.25, -0.2) is 9.59 Å². The van der Waals surface area contributed by atoms with Gasteiger partial charge < -0.3 is 20.1 Å². The maximum absolute atomic E-state index is 12.1. The zero-order valence-corrected chi connectivity index (χ0v) is 12.2. The smallest absolute Gasteiger partial charge is 0.329 e. The molecule has 2 atom stereocenters. The molecule has 1 heterocycles. The Morgan fingerprint density at radius 3 is 2.70 bits per heavy atom. The molecule has 2 N–H and O–H groups in total. The predicted molar refractivity (Wildman–Crippen MR) is 73.5 cm³/mol. The van der Waals surface area contributed by atoms with Crippen LogP contribution in [-0.4, -0.2) is 53.3 Å². The molecule has 6 nitrogen and oxygen atoms in total. The van der Waals surface area contributed by atoms with Gasteiger partial charge in [0.05, 0.1) is 13.1 Å². The fourth-order valence-corrected chi connectivity index (χ4v) is 3.06. The van der Waals surface area contributed by atoms with Crippen molar-refractivity contribution in [3.63, 3.8) is 0 Å². The van der Waals surface area contributed by atoms with Crippen molar-refractivity contribution in [2.45, 2.75) is 51.2 Å². The normalized spacial score (nSPS) is 28.6. The standard InChI is InChI=1S/C14H24N2O4/c1-10-4-3-5-11(6-10)15-13(19)16-8-14(2,9-16)20-7-12(17)18/h10-11H,3-9H2,1-2H3,(H,15,19)(H,17,18). The minimum atomic E-state index is -0.981. The van der Waals surface area contributed by atoms with Gasteiger partial charge in [0, 0.05) is 6.04 Å². The van der Waals surface area contributed by atoms with E-state index in [1.54, 1.807) is 4.90 Å². The molecule has 0 aromatic rings. The van der Waals surface area contributed by atoms with E-state index in [1.807, 2.05) is 6.92 Å². The molecule has 2 fully saturated rings. The lowest BCUT2D eigenvalue weighted by Crippen LogP contribution is -2.66. The number of rotatable bonds is 4. The van der Waals surface area contributed by atoms with Gasteiger partial charge in [0.25, 0.3) is 0 Å². The van der Waals surface area contributed by atoms with Crippen molar-refractivity contribution in [3.8, 4) is 0 Å². The lowest BCUT2D eigenvalue weighted by molar-refractivity contribution is -0.159. The van der Waals surface area contributed by atoms with Crippen molar-refractivity contribution < 1.29 is 19.4 Å². The van der Waals surface area contributed by atoms with E-state index < -0.39 is 11.6 Å². The third-order valence-corrected chi connectivity index (χ3v) is 4.15. The lowest BCUT2D eigenvalue weighted by atomic mass is 9.87. The molecule has 0 spiro atoms. The number of nitrogens with one attached hydrogen (secondary N) is 1. The van der Waals surface area contributed by atoms with E-state index in [4.69, 9.17) is 9.84 Å². The van der Waals surface area contributed by atoms with Crippen LogP contribution in [0, 0.1) is 5.92 Å². The first-order chi connectivity index (χ1) is 9.38. The molecule has 1 saturated heterocycles. The summed E-state index contributed by atoms with van der Waals surface area (Å²) >= 11 is 0. The van der Waals surface area contributed by atoms with Crippen LogP contribution in [0.5, 0.6) is 0 Å². The van der Waals surface area contributed by atoms with Gasteiger partial charge in [-0.05, 0) is 25.7 Å². The van der Waals surface area contributed by atoms with Crippen LogP contribution in [0.25, 0.3) is 0 Å². The first kappa shape index (κ1) is 15.1. The summed E-state index contributed by atoms with van der Waals surface area (Å²) in [5, 5.41) is 11.7. The molecule has 1 saturated carbocycles. The van der Waals surface area contributed by atoms with Gasteiger partial charge in [-0.1, -0.05) is 19.8 Å². The molecule has 0 aromatic carbocycles. The molecule has 0 bridgehead atoms. The highest BCUT2D eigenvalue weighted by Gasteiger charge is 2.43. The van der Waals surface area contributed by atoms with Crippen LogP contribution >= 0.6 is 0 Å². The van der Waals surface area contributed by atoms with Crippen molar-refractivity contribution in [1.29, 1.82) is 0 Å². The van der Waals surface area contributed by atoms with Gasteiger partial charge in [-0.15, -0.1) is 0 Å². The molecule has 1 aliphatic heterocycles. The molecule has 6 heteroatoms. The third-order valence-electron chi connectivity index (χ3n) is 4.15. The molecular weight excluding hydrogens is 260 g/mol. The molecule has 1 aliphatic carbocycles. The van der Waals surface area contributed by atoms with Gasteiger partial charge in [-0.3, -0.25) is 0 Å². The van der Waals surface area contributed by atoms with E-state index in [-0.39, 0.29) is 18.7 Å². The van der Waals surface area contributed by atoms with Gasteiger partial charge in [-0.2, -0.15) is 0 Å². The Bertz CT molecular complexity index is 379. The summed E-state index contributed by atoms with van der Waals surface area (Å²) < 4.78 is 5.29. The van der Waals surface area contributed by atoms with Crippen molar-refractivity contribution in [2.75, 3.05) is 19.7 Å². The quantitative estimate of drug-likeness (QED) is 0.819. The van der Waals surface area contributed by atoms with Crippen LogP contribution in [-0.2, 0) is 9.53 Å². The molecule has 0 radical (unpaired) electrons. The van der Waals surface area contributed by atoms with E-state index in [2.05, 4.69) is 12.2 Å². The Labute approximate surface area is 119 Å². The zero-order chi connectivity index (χ0) is 14.8. The highest BCUT2D eigenvalue weighted by atomic mass is 16.5. The van der Waals surface area contributed by atoms with Crippen LogP contribution < -0.4 is 5.32 Å². The highest BCUT2D eigenvalue weighted by Crippen LogP contribution is 2.26. The Morgan fingerprint density at radius 2 is 2.10 bits per heavy atom. The topological polar surface area (TPSA) is 78.9 Å². The molecule has 2 rings (SSSR count). The van der Waals surface area contributed by atoms with Crippen LogP contribution in [0.3, 0.4) is 0 Å². The first-order valence-electron chi connectivity index (χ1n) is 7.29. The second-order valence-corrected chi connectivity index (χ2v) is 6.41. The van der Waals surface area contributed by atoms with Gasteiger partial charge in [0.1, 0.15) is 12.2 Å². The number of hydrogen-bond acceptors (Lipinski definition) is 3. The second kappa shape index (κ2) is 5.99. The first-order valence-corrected chi connectivity index (χ1v) is 7.29. The summed E-state index contributed by atoms with van der Waals surface area (Å²) in [5.74, 6) is -0.306. The number of nitrogens with zero attached hydrogens (tertiary/aromatic N) is 1. The number of amides is 2.